The van der Waals surface area contributed by atoms with Crippen LogP contribution in [0.15, 0.2) is 32.8 Å². The topological polar surface area (TPSA) is 82.4 Å². The molecule has 2 rings (SSSR count). The van der Waals surface area contributed by atoms with Gasteiger partial charge in [0.15, 0.2) is 0 Å². The summed E-state index contributed by atoms with van der Waals surface area (Å²) in [5.74, 6) is 0.0741. The standard InChI is InChI=1S/C14H15ClN4O2/c1-8-4-5-9(6-11(8)15)17-7-10-12(16)18(2)14(21)19(3)13(10)20/h4-7H,16H2,1-3H3. The number of rotatable bonds is 2. The van der Waals surface area contributed by atoms with Gasteiger partial charge < -0.3 is 5.73 Å². The number of hydrogen-bond donors (Lipinski definition) is 1. The molecule has 110 valence electrons. The summed E-state index contributed by atoms with van der Waals surface area (Å²) in [6.07, 6.45) is 1.35. The molecule has 1 aromatic carbocycles. The maximum Gasteiger partial charge on any atom is 0.332 e. The number of anilines is 1. The van der Waals surface area contributed by atoms with E-state index in [1.54, 1.807) is 12.1 Å². The Morgan fingerprint density at radius 3 is 2.52 bits per heavy atom. The molecule has 0 radical (unpaired) electrons. The van der Waals surface area contributed by atoms with Gasteiger partial charge in [-0.2, -0.15) is 0 Å². The molecule has 0 amide bonds. The summed E-state index contributed by atoms with van der Waals surface area (Å²) in [7, 11) is 2.89. The van der Waals surface area contributed by atoms with Crippen molar-refractivity contribution in [3.05, 3.63) is 55.2 Å². The van der Waals surface area contributed by atoms with Crippen LogP contribution in [0.3, 0.4) is 0 Å². The van der Waals surface area contributed by atoms with Gasteiger partial charge in [-0.15, -0.1) is 0 Å². The van der Waals surface area contributed by atoms with Crippen molar-refractivity contribution in [3.63, 3.8) is 0 Å². The Balaban J connectivity index is 2.54. The lowest BCUT2D eigenvalue weighted by Crippen LogP contribution is -2.40. The zero-order chi connectivity index (χ0) is 15.7. The zero-order valence-electron chi connectivity index (χ0n) is 11.9. The van der Waals surface area contributed by atoms with Crippen LogP contribution < -0.4 is 17.0 Å². The highest BCUT2D eigenvalue weighted by atomic mass is 35.5. The lowest BCUT2D eigenvalue weighted by molar-refractivity contribution is 0.692. The van der Waals surface area contributed by atoms with Crippen LogP contribution in [0.1, 0.15) is 11.1 Å². The molecular formula is C14H15ClN4O2. The number of benzene rings is 1. The molecule has 0 atom stereocenters. The van der Waals surface area contributed by atoms with Crippen molar-refractivity contribution in [2.24, 2.45) is 19.1 Å². The lowest BCUT2D eigenvalue weighted by atomic mass is 10.2. The molecule has 2 aromatic rings. The SMILES string of the molecule is Cc1ccc(N=Cc2c(N)n(C)c(=O)n(C)c2=O)cc1Cl. The molecule has 0 aliphatic carbocycles. The van der Waals surface area contributed by atoms with Gasteiger partial charge in [-0.25, -0.2) is 4.79 Å². The van der Waals surface area contributed by atoms with E-state index in [0.717, 1.165) is 10.1 Å². The smallest absolute Gasteiger partial charge is 0.332 e. The van der Waals surface area contributed by atoms with Crippen LogP contribution in [0.2, 0.25) is 5.02 Å². The van der Waals surface area contributed by atoms with Crippen LogP contribution in [0.5, 0.6) is 0 Å². The van der Waals surface area contributed by atoms with E-state index in [0.29, 0.717) is 10.7 Å². The molecule has 0 saturated heterocycles. The van der Waals surface area contributed by atoms with E-state index in [4.69, 9.17) is 17.3 Å². The van der Waals surface area contributed by atoms with Crippen molar-refractivity contribution < 1.29 is 0 Å². The van der Waals surface area contributed by atoms with Crippen LogP contribution >= 0.6 is 11.6 Å². The van der Waals surface area contributed by atoms with E-state index in [2.05, 4.69) is 4.99 Å². The van der Waals surface area contributed by atoms with Gasteiger partial charge in [0, 0.05) is 25.3 Å². The first-order valence-corrected chi connectivity index (χ1v) is 6.56. The van der Waals surface area contributed by atoms with Crippen LogP contribution in [0.25, 0.3) is 0 Å². The number of nitrogens with two attached hydrogens (primary N) is 1. The molecular weight excluding hydrogens is 292 g/mol. The summed E-state index contributed by atoms with van der Waals surface area (Å²) in [4.78, 5) is 28.0. The van der Waals surface area contributed by atoms with Crippen molar-refractivity contribution in [2.75, 3.05) is 5.73 Å². The van der Waals surface area contributed by atoms with E-state index in [1.807, 2.05) is 13.0 Å². The van der Waals surface area contributed by atoms with Gasteiger partial charge in [0.1, 0.15) is 5.82 Å². The summed E-state index contributed by atoms with van der Waals surface area (Å²) < 4.78 is 2.19. The third kappa shape index (κ3) is 2.75. The fourth-order valence-electron chi connectivity index (χ4n) is 1.81. The fraction of sp³-hybridized carbons (Fsp3) is 0.214. The quantitative estimate of drug-likeness (QED) is 0.851. The van der Waals surface area contributed by atoms with Gasteiger partial charge in [0.05, 0.1) is 11.3 Å². The molecule has 0 aliphatic heterocycles. The minimum atomic E-state index is -0.488. The number of aliphatic imine (C=N–C) groups is 1. The first kappa shape index (κ1) is 15.1. The number of aryl methyl sites for hydroxylation is 1. The molecule has 0 spiro atoms. The van der Waals surface area contributed by atoms with E-state index < -0.39 is 11.2 Å². The Morgan fingerprint density at radius 2 is 1.90 bits per heavy atom. The minimum absolute atomic E-state index is 0.0741. The Bertz CT molecular complexity index is 849. The maximum absolute atomic E-state index is 12.1. The van der Waals surface area contributed by atoms with E-state index in [9.17, 15) is 9.59 Å². The average molecular weight is 307 g/mol. The van der Waals surface area contributed by atoms with Crippen LogP contribution in [-0.2, 0) is 14.1 Å². The van der Waals surface area contributed by atoms with Crippen molar-refractivity contribution in [1.29, 1.82) is 0 Å². The van der Waals surface area contributed by atoms with E-state index in [-0.39, 0.29) is 11.4 Å². The molecule has 21 heavy (non-hydrogen) atoms. The number of nitrogens with zero attached hydrogens (tertiary/aromatic N) is 3. The Kier molecular flexibility index (Phi) is 3.99. The second-order valence-electron chi connectivity index (χ2n) is 4.70. The van der Waals surface area contributed by atoms with Crippen LogP contribution in [0, 0.1) is 6.92 Å². The van der Waals surface area contributed by atoms with Gasteiger partial charge >= 0.3 is 5.69 Å². The third-order valence-electron chi connectivity index (χ3n) is 3.24. The van der Waals surface area contributed by atoms with Gasteiger partial charge in [0.2, 0.25) is 0 Å². The van der Waals surface area contributed by atoms with Crippen molar-refractivity contribution in [1.82, 2.24) is 9.13 Å². The van der Waals surface area contributed by atoms with Gasteiger partial charge in [-0.3, -0.25) is 18.9 Å². The number of hydrogen-bond acceptors (Lipinski definition) is 4. The molecule has 1 heterocycles. The second kappa shape index (κ2) is 5.57. The van der Waals surface area contributed by atoms with E-state index in [1.165, 1.54) is 24.9 Å². The number of nitrogen functional groups attached to an aromatic ring is 1. The van der Waals surface area contributed by atoms with E-state index >= 15 is 0 Å². The highest BCUT2D eigenvalue weighted by Crippen LogP contribution is 2.22. The highest BCUT2D eigenvalue weighted by Gasteiger charge is 2.11. The van der Waals surface area contributed by atoms with Crippen LogP contribution in [0.4, 0.5) is 11.5 Å². The first-order chi connectivity index (χ1) is 9.82. The molecule has 2 N–H and O–H groups in total. The van der Waals surface area contributed by atoms with Crippen molar-refractivity contribution in [2.45, 2.75) is 6.92 Å². The summed E-state index contributed by atoms with van der Waals surface area (Å²) in [5.41, 5.74) is 6.54. The average Bonchev–Trinajstić information content (AvgIpc) is 2.46. The summed E-state index contributed by atoms with van der Waals surface area (Å²) in [6.45, 7) is 1.89. The molecule has 0 fully saturated rings. The van der Waals surface area contributed by atoms with Crippen molar-refractivity contribution in [3.8, 4) is 0 Å². The number of aromatic nitrogens is 2. The molecule has 6 nitrogen and oxygen atoms in total. The molecule has 1 aromatic heterocycles. The molecule has 0 aliphatic rings. The summed E-state index contributed by atoms with van der Waals surface area (Å²) in [6, 6.07) is 5.30. The highest BCUT2D eigenvalue weighted by molar-refractivity contribution is 6.31. The molecule has 7 heteroatoms. The predicted molar refractivity (Wildman–Crippen MR) is 84.8 cm³/mol. The monoisotopic (exact) mass is 306 g/mol. The summed E-state index contributed by atoms with van der Waals surface area (Å²) >= 11 is 6.02. The third-order valence-corrected chi connectivity index (χ3v) is 3.65. The van der Waals surface area contributed by atoms with Gasteiger partial charge in [-0.1, -0.05) is 17.7 Å². The zero-order valence-corrected chi connectivity index (χ0v) is 12.7. The first-order valence-electron chi connectivity index (χ1n) is 6.18. The Morgan fingerprint density at radius 1 is 1.24 bits per heavy atom. The molecule has 0 saturated carbocycles. The second-order valence-corrected chi connectivity index (χ2v) is 5.10. The largest absolute Gasteiger partial charge is 0.384 e. The molecule has 0 unspecified atom stereocenters. The van der Waals surface area contributed by atoms with Crippen LogP contribution in [-0.4, -0.2) is 15.3 Å². The normalized spacial score (nSPS) is 11.2. The minimum Gasteiger partial charge on any atom is -0.384 e. The van der Waals surface area contributed by atoms with Gasteiger partial charge in [0.25, 0.3) is 5.56 Å². The predicted octanol–water partition coefficient (Wildman–Crippen LogP) is 1.38. The lowest BCUT2D eigenvalue weighted by Gasteiger charge is -2.08. The fourth-order valence-corrected chi connectivity index (χ4v) is 1.98. The Labute approximate surface area is 126 Å². The summed E-state index contributed by atoms with van der Waals surface area (Å²) in [5, 5.41) is 0.589. The molecule has 0 bridgehead atoms. The maximum atomic E-state index is 12.1. The van der Waals surface area contributed by atoms with Gasteiger partial charge in [-0.05, 0) is 24.6 Å². The van der Waals surface area contributed by atoms with Crippen molar-refractivity contribution >= 4 is 29.3 Å². The Hall–Kier alpha value is -2.34. The number of halogens is 1.